The van der Waals surface area contributed by atoms with Crippen LogP contribution in [0.15, 0.2) is 24.3 Å². The lowest BCUT2D eigenvalue weighted by Gasteiger charge is -2.13. The van der Waals surface area contributed by atoms with Crippen molar-refractivity contribution in [3.63, 3.8) is 0 Å². The molecule has 0 aliphatic carbocycles. The summed E-state index contributed by atoms with van der Waals surface area (Å²) in [6.07, 6.45) is 0. The van der Waals surface area contributed by atoms with Gasteiger partial charge in [0.1, 0.15) is 5.75 Å². The minimum Gasteiger partial charge on any atom is -0.482 e. The molecule has 0 bridgehead atoms. The van der Waals surface area contributed by atoms with E-state index in [1.54, 1.807) is 24.3 Å². The molecule has 106 valence electrons. The predicted molar refractivity (Wildman–Crippen MR) is 72.4 cm³/mol. The van der Waals surface area contributed by atoms with Crippen molar-refractivity contribution in [2.24, 2.45) is 0 Å². The van der Waals surface area contributed by atoms with Crippen molar-refractivity contribution < 1.29 is 23.9 Å². The van der Waals surface area contributed by atoms with E-state index >= 15 is 0 Å². The van der Waals surface area contributed by atoms with Gasteiger partial charge < -0.3 is 9.47 Å². The average molecular weight is 295 g/mol. The van der Waals surface area contributed by atoms with Crippen molar-refractivity contribution >= 4 is 28.9 Å². The molecular formula is C13H13NO5S. The molecule has 0 atom stereocenters. The fraction of sp³-hybridized carbons (Fsp3) is 0.308. The van der Waals surface area contributed by atoms with Crippen LogP contribution < -0.4 is 4.74 Å². The number of thioether (sulfide) groups is 1. The lowest BCUT2D eigenvalue weighted by Crippen LogP contribution is -2.27. The van der Waals surface area contributed by atoms with Crippen molar-refractivity contribution in [1.29, 1.82) is 0 Å². The Morgan fingerprint density at radius 3 is 2.55 bits per heavy atom. The Labute approximate surface area is 120 Å². The number of nitrogens with zero attached hydrogens (tertiary/aromatic N) is 1. The van der Waals surface area contributed by atoms with Crippen LogP contribution in [0.2, 0.25) is 0 Å². The van der Waals surface area contributed by atoms with Crippen LogP contribution in [-0.4, -0.2) is 41.5 Å². The summed E-state index contributed by atoms with van der Waals surface area (Å²) in [5.41, 5.74) is 0.819. The highest BCUT2D eigenvalue weighted by Crippen LogP contribution is 2.22. The van der Waals surface area contributed by atoms with Crippen molar-refractivity contribution in [2.45, 2.75) is 6.54 Å². The van der Waals surface area contributed by atoms with E-state index in [1.165, 1.54) is 12.0 Å². The molecule has 2 rings (SSSR count). The highest BCUT2D eigenvalue weighted by Gasteiger charge is 2.29. The molecule has 20 heavy (non-hydrogen) atoms. The summed E-state index contributed by atoms with van der Waals surface area (Å²) in [4.78, 5) is 35.1. The van der Waals surface area contributed by atoms with Gasteiger partial charge in [-0.15, -0.1) is 0 Å². The number of hydrogen-bond acceptors (Lipinski definition) is 6. The smallest absolute Gasteiger partial charge is 0.343 e. The number of benzene rings is 1. The van der Waals surface area contributed by atoms with Crippen molar-refractivity contribution in [3.05, 3.63) is 29.8 Å². The molecule has 1 aromatic carbocycles. The SMILES string of the molecule is COC(=O)COc1ccc(CN2C(=O)CSC2=O)cc1. The van der Waals surface area contributed by atoms with E-state index in [0.717, 1.165) is 17.3 Å². The maximum absolute atomic E-state index is 11.5. The summed E-state index contributed by atoms with van der Waals surface area (Å²) in [6.45, 7) is 0.0948. The average Bonchev–Trinajstić information content (AvgIpc) is 2.78. The van der Waals surface area contributed by atoms with Crippen LogP contribution in [0.5, 0.6) is 5.75 Å². The third-order valence-corrected chi connectivity index (χ3v) is 3.55. The Balaban J connectivity index is 1.93. The van der Waals surface area contributed by atoms with Gasteiger partial charge >= 0.3 is 5.97 Å². The first-order valence-electron chi connectivity index (χ1n) is 5.86. The number of amides is 2. The molecule has 0 saturated carbocycles. The second-order valence-corrected chi connectivity index (χ2v) is 4.97. The second kappa shape index (κ2) is 6.42. The van der Waals surface area contributed by atoms with Crippen LogP contribution >= 0.6 is 11.8 Å². The first-order valence-corrected chi connectivity index (χ1v) is 6.84. The van der Waals surface area contributed by atoms with Gasteiger partial charge in [-0.05, 0) is 17.7 Å². The molecule has 1 heterocycles. The predicted octanol–water partition coefficient (Wildman–Crippen LogP) is 1.43. The summed E-state index contributed by atoms with van der Waals surface area (Å²) < 4.78 is 9.66. The van der Waals surface area contributed by atoms with Crippen LogP contribution in [0.4, 0.5) is 4.79 Å². The molecule has 1 aromatic rings. The molecule has 0 spiro atoms. The minimum atomic E-state index is -0.459. The van der Waals surface area contributed by atoms with E-state index in [2.05, 4.69) is 4.74 Å². The van der Waals surface area contributed by atoms with Gasteiger partial charge in [-0.3, -0.25) is 14.5 Å². The minimum absolute atomic E-state index is 0.157. The van der Waals surface area contributed by atoms with Gasteiger partial charge in [0, 0.05) is 0 Å². The van der Waals surface area contributed by atoms with Crippen molar-refractivity contribution in [2.75, 3.05) is 19.5 Å². The highest BCUT2D eigenvalue weighted by molar-refractivity contribution is 8.14. The zero-order valence-corrected chi connectivity index (χ0v) is 11.6. The van der Waals surface area contributed by atoms with Gasteiger partial charge in [-0.25, -0.2) is 4.79 Å². The molecular weight excluding hydrogens is 282 g/mol. The van der Waals surface area contributed by atoms with Gasteiger partial charge in [0.25, 0.3) is 5.24 Å². The Kier molecular flexibility index (Phi) is 4.62. The topological polar surface area (TPSA) is 72.9 Å². The van der Waals surface area contributed by atoms with Gasteiger partial charge in [0.2, 0.25) is 5.91 Å². The second-order valence-electron chi connectivity index (χ2n) is 4.04. The van der Waals surface area contributed by atoms with Crippen LogP contribution in [0.3, 0.4) is 0 Å². The van der Waals surface area contributed by atoms with E-state index in [0.29, 0.717) is 5.75 Å². The van der Waals surface area contributed by atoms with Crippen LogP contribution in [0.1, 0.15) is 5.56 Å². The Morgan fingerprint density at radius 2 is 2.00 bits per heavy atom. The largest absolute Gasteiger partial charge is 0.482 e. The van der Waals surface area contributed by atoms with E-state index < -0.39 is 5.97 Å². The zero-order valence-electron chi connectivity index (χ0n) is 10.8. The molecule has 1 aliphatic rings. The van der Waals surface area contributed by atoms with Crippen LogP contribution in [0.25, 0.3) is 0 Å². The molecule has 0 radical (unpaired) electrons. The third kappa shape index (κ3) is 3.51. The summed E-state index contributed by atoms with van der Waals surface area (Å²) in [5.74, 6) is 0.0945. The maximum atomic E-state index is 11.5. The molecule has 7 heteroatoms. The summed E-state index contributed by atoms with van der Waals surface area (Å²) in [7, 11) is 1.29. The van der Waals surface area contributed by atoms with E-state index in [9.17, 15) is 14.4 Å². The van der Waals surface area contributed by atoms with Gasteiger partial charge in [-0.1, -0.05) is 23.9 Å². The van der Waals surface area contributed by atoms with Gasteiger partial charge in [-0.2, -0.15) is 0 Å². The van der Waals surface area contributed by atoms with Crippen molar-refractivity contribution in [3.8, 4) is 5.75 Å². The number of carbonyl (C=O) groups is 3. The lowest BCUT2D eigenvalue weighted by atomic mass is 10.2. The number of esters is 1. The Bertz CT molecular complexity index is 512. The number of methoxy groups -OCH3 is 1. The fourth-order valence-electron chi connectivity index (χ4n) is 1.61. The van der Waals surface area contributed by atoms with Gasteiger partial charge in [0.15, 0.2) is 6.61 Å². The van der Waals surface area contributed by atoms with E-state index in [1.807, 2.05) is 0 Å². The highest BCUT2D eigenvalue weighted by atomic mass is 32.2. The Hall–Kier alpha value is -2.02. The molecule has 6 nitrogen and oxygen atoms in total. The molecule has 2 amide bonds. The summed E-state index contributed by atoms with van der Waals surface area (Å²) in [5, 5.41) is -0.221. The lowest BCUT2D eigenvalue weighted by molar-refractivity contribution is -0.142. The van der Waals surface area contributed by atoms with Crippen LogP contribution in [-0.2, 0) is 20.9 Å². The molecule has 1 saturated heterocycles. The fourth-order valence-corrected chi connectivity index (χ4v) is 2.33. The number of hydrogen-bond donors (Lipinski definition) is 0. The first-order chi connectivity index (χ1) is 9.60. The first kappa shape index (κ1) is 14.4. The number of imide groups is 1. The number of ether oxygens (including phenoxy) is 2. The Morgan fingerprint density at radius 1 is 1.30 bits per heavy atom. The number of rotatable bonds is 5. The molecule has 1 fully saturated rings. The summed E-state index contributed by atoms with van der Waals surface area (Å²) in [6, 6.07) is 6.85. The molecule has 1 aliphatic heterocycles. The zero-order chi connectivity index (χ0) is 14.5. The maximum Gasteiger partial charge on any atom is 0.343 e. The molecule has 0 N–H and O–H groups in total. The third-order valence-electron chi connectivity index (χ3n) is 2.69. The van der Waals surface area contributed by atoms with Gasteiger partial charge in [0.05, 0.1) is 19.4 Å². The van der Waals surface area contributed by atoms with Crippen LogP contribution in [0, 0.1) is 0 Å². The number of carbonyl (C=O) groups excluding carboxylic acids is 3. The normalized spacial score (nSPS) is 14.6. The monoisotopic (exact) mass is 295 g/mol. The molecule has 0 unspecified atom stereocenters. The summed E-state index contributed by atoms with van der Waals surface area (Å²) >= 11 is 1.01. The molecule has 0 aromatic heterocycles. The van der Waals surface area contributed by atoms with Crippen molar-refractivity contribution in [1.82, 2.24) is 4.90 Å². The quantitative estimate of drug-likeness (QED) is 0.765. The van der Waals surface area contributed by atoms with E-state index in [-0.39, 0.29) is 30.1 Å². The van der Waals surface area contributed by atoms with E-state index in [4.69, 9.17) is 4.74 Å². The standard InChI is InChI=1S/C13H13NO5S/c1-18-12(16)7-19-10-4-2-9(3-5-10)6-14-11(15)8-20-13(14)17/h2-5H,6-8H2,1H3.